The third kappa shape index (κ3) is 3.38. The number of rotatable bonds is 5. The highest BCUT2D eigenvalue weighted by Crippen LogP contribution is 2.39. The topological polar surface area (TPSA) is 73.2 Å². The van der Waals surface area contributed by atoms with Crippen molar-refractivity contribution in [1.29, 1.82) is 0 Å². The summed E-state index contributed by atoms with van der Waals surface area (Å²) in [7, 11) is 1.64. The minimum absolute atomic E-state index is 0.0532. The first-order valence-electron chi connectivity index (χ1n) is 9.51. The van der Waals surface area contributed by atoms with Crippen molar-refractivity contribution in [2.45, 2.75) is 37.8 Å². The van der Waals surface area contributed by atoms with Crippen molar-refractivity contribution in [3.63, 3.8) is 0 Å². The number of hydrogen-bond donors (Lipinski definition) is 1. The van der Waals surface area contributed by atoms with Crippen LogP contribution in [0.25, 0.3) is 10.9 Å². The lowest BCUT2D eigenvalue weighted by Gasteiger charge is -2.31. The predicted octanol–water partition coefficient (Wildman–Crippen LogP) is 2.99. The Labute approximate surface area is 163 Å². The number of amides is 1. The van der Waals surface area contributed by atoms with Gasteiger partial charge in [-0.2, -0.15) is 0 Å². The zero-order valence-electron chi connectivity index (χ0n) is 15.9. The number of para-hydroxylation sites is 1. The first-order chi connectivity index (χ1) is 13.6. The van der Waals surface area contributed by atoms with E-state index in [1.165, 1.54) is 10.9 Å². The van der Waals surface area contributed by atoms with E-state index in [0.717, 1.165) is 37.0 Å². The molecule has 6 nitrogen and oxygen atoms in total. The summed E-state index contributed by atoms with van der Waals surface area (Å²) in [5, 5.41) is 3.72. The van der Waals surface area contributed by atoms with Gasteiger partial charge >= 0.3 is 0 Å². The number of carbonyl (C=O) groups excluding carboxylic acids is 1. The van der Waals surface area contributed by atoms with Crippen molar-refractivity contribution >= 4 is 16.8 Å². The zero-order valence-corrected chi connectivity index (χ0v) is 15.9. The molecule has 0 unspecified atom stereocenters. The van der Waals surface area contributed by atoms with Gasteiger partial charge in [-0.25, -0.2) is 4.98 Å². The van der Waals surface area contributed by atoms with Gasteiger partial charge in [0.05, 0.1) is 29.9 Å². The maximum absolute atomic E-state index is 12.9. The number of nitrogens with one attached hydrogen (secondary N) is 1. The number of methoxy groups -OCH3 is 1. The Bertz CT molecular complexity index is 1070. The van der Waals surface area contributed by atoms with Gasteiger partial charge in [-0.15, -0.1) is 0 Å². The van der Waals surface area contributed by atoms with Crippen molar-refractivity contribution in [2.24, 2.45) is 0 Å². The Kier molecular flexibility index (Phi) is 4.86. The zero-order chi connectivity index (χ0) is 19.6. The van der Waals surface area contributed by atoms with Gasteiger partial charge in [0.1, 0.15) is 12.3 Å². The van der Waals surface area contributed by atoms with E-state index in [9.17, 15) is 9.59 Å². The van der Waals surface area contributed by atoms with Crippen LogP contribution < -0.4 is 15.6 Å². The van der Waals surface area contributed by atoms with E-state index >= 15 is 0 Å². The molecule has 0 bridgehead atoms. The predicted molar refractivity (Wildman–Crippen MR) is 107 cm³/mol. The van der Waals surface area contributed by atoms with E-state index in [4.69, 9.17) is 4.74 Å². The molecule has 1 fully saturated rings. The van der Waals surface area contributed by atoms with Crippen LogP contribution in [0.3, 0.4) is 0 Å². The van der Waals surface area contributed by atoms with Crippen molar-refractivity contribution in [2.75, 3.05) is 7.11 Å². The second-order valence-electron chi connectivity index (χ2n) is 7.26. The average molecular weight is 377 g/mol. The maximum atomic E-state index is 12.9. The van der Waals surface area contributed by atoms with Crippen LogP contribution in [0, 0.1) is 0 Å². The minimum atomic E-state index is -0.417. The molecule has 1 aliphatic rings. The molecule has 2 aromatic carbocycles. The van der Waals surface area contributed by atoms with Crippen molar-refractivity contribution in [3.05, 3.63) is 70.8 Å². The Morgan fingerprint density at radius 2 is 1.96 bits per heavy atom. The summed E-state index contributed by atoms with van der Waals surface area (Å²) in [6.45, 7) is -0.0532. The normalized spacial score (nSPS) is 15.5. The fourth-order valence-electron chi connectivity index (χ4n) is 4.06. The molecular weight excluding hydrogens is 354 g/mol. The first kappa shape index (κ1) is 18.2. The van der Waals surface area contributed by atoms with Crippen LogP contribution in [0.1, 0.15) is 31.2 Å². The first-order valence-corrected chi connectivity index (χ1v) is 9.51. The standard InChI is InChI=1S/C22H23N3O3/c1-28-17-8-6-7-16(13-17)22(11-4-5-12-22)24-20(26)14-25-15-23-19-10-3-2-9-18(19)21(25)27/h2-3,6-10,13,15H,4-5,11-12,14H2,1H3,(H,24,26). The molecule has 4 rings (SSSR count). The van der Waals surface area contributed by atoms with Crippen LogP contribution in [0.15, 0.2) is 59.7 Å². The summed E-state index contributed by atoms with van der Waals surface area (Å²) < 4.78 is 6.72. The second kappa shape index (κ2) is 7.46. The lowest BCUT2D eigenvalue weighted by atomic mass is 9.88. The van der Waals surface area contributed by atoms with Gasteiger partial charge in [0.2, 0.25) is 5.91 Å². The molecule has 0 spiro atoms. The second-order valence-corrected chi connectivity index (χ2v) is 7.26. The summed E-state index contributed by atoms with van der Waals surface area (Å²) >= 11 is 0. The van der Waals surface area contributed by atoms with E-state index < -0.39 is 5.54 Å². The highest BCUT2D eigenvalue weighted by Gasteiger charge is 2.37. The van der Waals surface area contributed by atoms with Crippen molar-refractivity contribution in [1.82, 2.24) is 14.9 Å². The Morgan fingerprint density at radius 3 is 2.75 bits per heavy atom. The number of ether oxygens (including phenoxy) is 1. The van der Waals surface area contributed by atoms with Crippen molar-refractivity contribution < 1.29 is 9.53 Å². The molecule has 1 N–H and O–H groups in total. The van der Waals surface area contributed by atoms with Gasteiger partial charge in [0.15, 0.2) is 0 Å². The quantitative estimate of drug-likeness (QED) is 0.742. The van der Waals surface area contributed by atoms with E-state index in [1.54, 1.807) is 25.3 Å². The van der Waals surface area contributed by atoms with Crippen LogP contribution in [0.4, 0.5) is 0 Å². The largest absolute Gasteiger partial charge is 0.497 e. The molecule has 1 saturated carbocycles. The number of aromatic nitrogens is 2. The maximum Gasteiger partial charge on any atom is 0.261 e. The molecule has 0 radical (unpaired) electrons. The summed E-state index contributed by atoms with van der Waals surface area (Å²) in [5.41, 5.74) is 1.05. The molecule has 1 amide bonds. The van der Waals surface area contributed by atoms with Gasteiger partial charge < -0.3 is 10.1 Å². The molecular formula is C22H23N3O3. The molecule has 3 aromatic rings. The molecule has 144 valence electrons. The molecule has 1 aromatic heterocycles. The lowest BCUT2D eigenvalue weighted by Crippen LogP contribution is -2.46. The fraction of sp³-hybridized carbons (Fsp3) is 0.318. The average Bonchev–Trinajstić information content (AvgIpc) is 3.20. The summed E-state index contributed by atoms with van der Waals surface area (Å²) in [6.07, 6.45) is 5.29. The summed E-state index contributed by atoms with van der Waals surface area (Å²) in [6, 6.07) is 15.0. The van der Waals surface area contributed by atoms with Gasteiger partial charge in [0, 0.05) is 0 Å². The van der Waals surface area contributed by atoms with Gasteiger partial charge in [0.25, 0.3) is 5.56 Å². The van der Waals surface area contributed by atoms with Crippen LogP contribution in [-0.2, 0) is 16.9 Å². The van der Waals surface area contributed by atoms with Crippen LogP contribution >= 0.6 is 0 Å². The van der Waals surface area contributed by atoms with E-state index in [-0.39, 0.29) is 18.0 Å². The Morgan fingerprint density at radius 1 is 1.18 bits per heavy atom. The molecule has 1 heterocycles. The number of nitrogens with zero attached hydrogens (tertiary/aromatic N) is 2. The number of benzene rings is 2. The highest BCUT2D eigenvalue weighted by molar-refractivity contribution is 5.79. The van der Waals surface area contributed by atoms with Gasteiger partial charge in [-0.05, 0) is 42.7 Å². The lowest BCUT2D eigenvalue weighted by molar-refractivity contribution is -0.123. The molecule has 0 aliphatic heterocycles. The summed E-state index contributed by atoms with van der Waals surface area (Å²) in [5.74, 6) is 0.580. The van der Waals surface area contributed by atoms with Crippen molar-refractivity contribution in [3.8, 4) is 5.75 Å². The monoisotopic (exact) mass is 377 g/mol. The third-order valence-corrected chi connectivity index (χ3v) is 5.50. The van der Waals surface area contributed by atoms with Gasteiger partial charge in [-0.3, -0.25) is 14.2 Å². The molecule has 0 atom stereocenters. The number of hydrogen-bond acceptors (Lipinski definition) is 4. The Hall–Kier alpha value is -3.15. The van der Waals surface area contributed by atoms with E-state index in [2.05, 4.69) is 10.3 Å². The third-order valence-electron chi connectivity index (χ3n) is 5.50. The molecule has 1 aliphatic carbocycles. The van der Waals surface area contributed by atoms with E-state index in [0.29, 0.717) is 10.9 Å². The fourth-order valence-corrected chi connectivity index (χ4v) is 4.06. The van der Waals surface area contributed by atoms with Crippen LogP contribution in [0.2, 0.25) is 0 Å². The SMILES string of the molecule is COc1cccc(C2(NC(=O)Cn3cnc4ccccc4c3=O)CCCC2)c1. The summed E-state index contributed by atoms with van der Waals surface area (Å²) in [4.78, 5) is 29.8. The molecule has 0 saturated heterocycles. The highest BCUT2D eigenvalue weighted by atomic mass is 16.5. The smallest absolute Gasteiger partial charge is 0.261 e. The Balaban J connectivity index is 1.59. The van der Waals surface area contributed by atoms with Crippen LogP contribution in [-0.4, -0.2) is 22.6 Å². The number of carbonyl (C=O) groups is 1. The molecule has 28 heavy (non-hydrogen) atoms. The number of fused-ring (bicyclic) bond motifs is 1. The minimum Gasteiger partial charge on any atom is -0.497 e. The van der Waals surface area contributed by atoms with Gasteiger partial charge in [-0.1, -0.05) is 37.1 Å². The molecule has 6 heteroatoms. The van der Waals surface area contributed by atoms with E-state index in [1.807, 2.05) is 30.3 Å². The van der Waals surface area contributed by atoms with Crippen LogP contribution in [0.5, 0.6) is 5.75 Å².